The third-order valence-corrected chi connectivity index (χ3v) is 4.50. The van der Waals surface area contributed by atoms with E-state index < -0.39 is 11.2 Å². The number of aryl methyl sites for hydroxylation is 1. The molecule has 1 fully saturated rings. The zero-order valence-electron chi connectivity index (χ0n) is 14.8. The van der Waals surface area contributed by atoms with Crippen molar-refractivity contribution >= 4 is 17.3 Å². The molecule has 1 aliphatic rings. The first kappa shape index (κ1) is 17.9. The molecule has 0 saturated carbocycles. The van der Waals surface area contributed by atoms with E-state index >= 15 is 0 Å². The number of amides is 1. The molecule has 2 N–H and O–H groups in total. The zero-order valence-corrected chi connectivity index (χ0v) is 14.8. The SMILES string of the molecule is CN1CCN(c2ccc(NC(=O)CCn3ccc(=O)[nH]c3=O)cc2)CC1. The second kappa shape index (κ2) is 8.01. The van der Waals surface area contributed by atoms with Crippen molar-refractivity contribution < 1.29 is 4.79 Å². The van der Waals surface area contributed by atoms with Gasteiger partial charge >= 0.3 is 5.69 Å². The summed E-state index contributed by atoms with van der Waals surface area (Å²) in [5, 5.41) is 2.83. The van der Waals surface area contributed by atoms with Crippen LogP contribution in [0.25, 0.3) is 0 Å². The lowest BCUT2D eigenvalue weighted by atomic mass is 10.2. The van der Waals surface area contributed by atoms with Crippen molar-refractivity contribution in [3.05, 3.63) is 57.4 Å². The monoisotopic (exact) mass is 357 g/mol. The minimum Gasteiger partial charge on any atom is -0.369 e. The maximum Gasteiger partial charge on any atom is 0.328 e. The third-order valence-electron chi connectivity index (χ3n) is 4.50. The van der Waals surface area contributed by atoms with Gasteiger partial charge in [-0.3, -0.25) is 14.6 Å². The Bertz CT molecular complexity index is 863. The Morgan fingerprint density at radius 3 is 2.42 bits per heavy atom. The van der Waals surface area contributed by atoms with Crippen molar-refractivity contribution in [2.45, 2.75) is 13.0 Å². The molecule has 8 heteroatoms. The van der Waals surface area contributed by atoms with E-state index in [-0.39, 0.29) is 18.9 Å². The maximum absolute atomic E-state index is 12.1. The van der Waals surface area contributed by atoms with E-state index in [4.69, 9.17) is 0 Å². The Morgan fingerprint density at radius 2 is 1.77 bits per heavy atom. The number of nitrogens with zero attached hydrogens (tertiary/aromatic N) is 3. The molecule has 1 aromatic carbocycles. The van der Waals surface area contributed by atoms with E-state index in [9.17, 15) is 14.4 Å². The largest absolute Gasteiger partial charge is 0.369 e. The van der Waals surface area contributed by atoms with Crippen molar-refractivity contribution in [2.75, 3.05) is 43.4 Å². The van der Waals surface area contributed by atoms with Gasteiger partial charge in [-0.2, -0.15) is 0 Å². The summed E-state index contributed by atoms with van der Waals surface area (Å²) >= 11 is 0. The highest BCUT2D eigenvalue weighted by Crippen LogP contribution is 2.19. The maximum atomic E-state index is 12.1. The summed E-state index contributed by atoms with van der Waals surface area (Å²) in [6, 6.07) is 9.05. The molecule has 0 spiro atoms. The molecule has 0 bridgehead atoms. The lowest BCUT2D eigenvalue weighted by molar-refractivity contribution is -0.116. The number of aromatic amines is 1. The quantitative estimate of drug-likeness (QED) is 0.804. The van der Waals surface area contributed by atoms with Gasteiger partial charge in [-0.05, 0) is 31.3 Å². The topological polar surface area (TPSA) is 90.4 Å². The highest BCUT2D eigenvalue weighted by molar-refractivity contribution is 5.90. The first-order valence-corrected chi connectivity index (χ1v) is 8.64. The van der Waals surface area contributed by atoms with Gasteiger partial charge in [0.15, 0.2) is 0 Å². The summed E-state index contributed by atoms with van der Waals surface area (Å²) in [5.41, 5.74) is 0.913. The number of H-pyrrole nitrogens is 1. The molecule has 2 aromatic rings. The van der Waals surface area contributed by atoms with E-state index in [0.717, 1.165) is 37.6 Å². The van der Waals surface area contributed by atoms with Crippen LogP contribution in [-0.4, -0.2) is 53.6 Å². The second-order valence-corrected chi connectivity index (χ2v) is 6.44. The lowest BCUT2D eigenvalue weighted by Gasteiger charge is -2.34. The zero-order chi connectivity index (χ0) is 18.5. The van der Waals surface area contributed by atoms with Gasteiger partial charge in [-0.25, -0.2) is 4.79 Å². The molecule has 2 heterocycles. The van der Waals surface area contributed by atoms with Crippen molar-refractivity contribution in [3.8, 4) is 0 Å². The molecule has 1 aliphatic heterocycles. The average Bonchev–Trinajstić information content (AvgIpc) is 2.62. The molecule has 138 valence electrons. The number of rotatable bonds is 5. The van der Waals surface area contributed by atoms with Crippen LogP contribution in [-0.2, 0) is 11.3 Å². The number of hydrogen-bond acceptors (Lipinski definition) is 5. The van der Waals surface area contributed by atoms with Crippen LogP contribution in [0.3, 0.4) is 0 Å². The van der Waals surface area contributed by atoms with Crippen molar-refractivity contribution in [1.29, 1.82) is 0 Å². The Labute approximate surface area is 151 Å². The number of carbonyl (C=O) groups is 1. The molecule has 8 nitrogen and oxygen atoms in total. The van der Waals surface area contributed by atoms with Crippen LogP contribution >= 0.6 is 0 Å². The summed E-state index contributed by atoms with van der Waals surface area (Å²) in [6.45, 7) is 4.29. The van der Waals surface area contributed by atoms with Crippen LogP contribution in [0.1, 0.15) is 6.42 Å². The number of benzene rings is 1. The Kier molecular flexibility index (Phi) is 5.52. The van der Waals surface area contributed by atoms with Crippen molar-refractivity contribution in [2.24, 2.45) is 0 Å². The molecule has 26 heavy (non-hydrogen) atoms. The highest BCUT2D eigenvalue weighted by atomic mass is 16.2. The first-order chi connectivity index (χ1) is 12.5. The Balaban J connectivity index is 1.52. The summed E-state index contributed by atoms with van der Waals surface area (Å²) in [4.78, 5) is 41.5. The van der Waals surface area contributed by atoms with Crippen LogP contribution in [0.4, 0.5) is 11.4 Å². The van der Waals surface area contributed by atoms with E-state index in [1.807, 2.05) is 24.3 Å². The van der Waals surface area contributed by atoms with Crippen LogP contribution in [0, 0.1) is 0 Å². The number of hydrogen-bond donors (Lipinski definition) is 2. The van der Waals surface area contributed by atoms with Crippen molar-refractivity contribution in [1.82, 2.24) is 14.5 Å². The van der Waals surface area contributed by atoms with Gasteiger partial charge in [0.1, 0.15) is 0 Å². The molecule has 3 rings (SSSR count). The van der Waals surface area contributed by atoms with Gasteiger partial charge in [-0.15, -0.1) is 0 Å². The molecule has 1 amide bonds. The Morgan fingerprint density at radius 1 is 1.08 bits per heavy atom. The van der Waals surface area contributed by atoms with E-state index in [2.05, 4.69) is 27.1 Å². The number of piperazine rings is 1. The summed E-state index contributed by atoms with van der Waals surface area (Å²) in [5.74, 6) is -0.185. The lowest BCUT2D eigenvalue weighted by Crippen LogP contribution is -2.44. The van der Waals surface area contributed by atoms with E-state index in [0.29, 0.717) is 0 Å². The summed E-state index contributed by atoms with van der Waals surface area (Å²) < 4.78 is 1.30. The fourth-order valence-electron chi connectivity index (χ4n) is 2.89. The summed E-state index contributed by atoms with van der Waals surface area (Å²) in [7, 11) is 2.12. The molecular weight excluding hydrogens is 334 g/mol. The molecule has 1 saturated heterocycles. The normalized spacial score (nSPS) is 15.0. The van der Waals surface area contributed by atoms with Gasteiger partial charge in [0.05, 0.1) is 0 Å². The third kappa shape index (κ3) is 4.60. The smallest absolute Gasteiger partial charge is 0.328 e. The van der Waals surface area contributed by atoms with Gasteiger partial charge in [-0.1, -0.05) is 0 Å². The standard InChI is InChI=1S/C18H23N5O3/c1-21-10-12-22(13-11-21)15-4-2-14(3-5-15)19-16(24)6-8-23-9-7-17(25)20-18(23)26/h2-5,7,9H,6,8,10-13H2,1H3,(H,19,24)(H,20,25,26). The molecule has 1 aromatic heterocycles. The predicted octanol–water partition coefficient (Wildman–Crippen LogP) is 0.317. The number of nitrogens with one attached hydrogen (secondary N) is 2. The first-order valence-electron chi connectivity index (χ1n) is 8.64. The minimum atomic E-state index is -0.512. The fourth-order valence-corrected chi connectivity index (χ4v) is 2.89. The molecule has 0 atom stereocenters. The Hall–Kier alpha value is -2.87. The van der Waals surface area contributed by atoms with Gasteiger partial charge in [0.25, 0.3) is 5.56 Å². The summed E-state index contributed by atoms with van der Waals surface area (Å²) in [6.07, 6.45) is 1.53. The number of likely N-dealkylation sites (N-methyl/N-ethyl adjacent to an activating group) is 1. The highest BCUT2D eigenvalue weighted by Gasteiger charge is 2.14. The molecule has 0 radical (unpaired) electrons. The average molecular weight is 357 g/mol. The van der Waals surface area contributed by atoms with Gasteiger partial charge in [0.2, 0.25) is 5.91 Å². The van der Waals surface area contributed by atoms with Crippen LogP contribution < -0.4 is 21.5 Å². The number of carbonyl (C=O) groups excluding carboxylic acids is 1. The number of aromatic nitrogens is 2. The van der Waals surface area contributed by atoms with Crippen molar-refractivity contribution in [3.63, 3.8) is 0 Å². The minimum absolute atomic E-state index is 0.145. The fraction of sp³-hybridized carbons (Fsp3) is 0.389. The van der Waals surface area contributed by atoms with E-state index in [1.54, 1.807) is 0 Å². The van der Waals surface area contributed by atoms with Crippen LogP contribution in [0.5, 0.6) is 0 Å². The second-order valence-electron chi connectivity index (χ2n) is 6.44. The number of anilines is 2. The van der Waals surface area contributed by atoms with Crippen LogP contribution in [0.15, 0.2) is 46.1 Å². The van der Waals surface area contributed by atoms with Gasteiger partial charge < -0.3 is 19.7 Å². The predicted molar refractivity (Wildman–Crippen MR) is 101 cm³/mol. The molecule has 0 aliphatic carbocycles. The van der Waals surface area contributed by atoms with E-state index in [1.165, 1.54) is 16.8 Å². The molecule has 0 unspecified atom stereocenters. The van der Waals surface area contributed by atoms with Crippen LogP contribution in [0.2, 0.25) is 0 Å². The molecular formula is C18H23N5O3. The van der Waals surface area contributed by atoms with Gasteiger partial charge in [0, 0.05) is 62.8 Å².